The third-order valence-corrected chi connectivity index (χ3v) is 1.82. The Morgan fingerprint density at radius 3 is 2.69 bits per heavy atom. The maximum Gasteiger partial charge on any atom is 0.200 e. The standard InChI is InChI=1S/C10H15N5O/c1-6(2)14-15-10(13-12)7-3-4-9(16)8(11)5-7/h3-6,12,14,16H,11H2,1-2H3/b13-12?,15-10-. The van der Waals surface area contributed by atoms with Crippen LogP contribution in [0.25, 0.3) is 0 Å². The molecule has 0 aliphatic rings. The molecule has 0 fully saturated rings. The molecular weight excluding hydrogens is 206 g/mol. The van der Waals surface area contributed by atoms with E-state index in [9.17, 15) is 5.11 Å². The number of amidine groups is 1. The molecule has 5 N–H and O–H groups in total. The van der Waals surface area contributed by atoms with E-state index in [0.717, 1.165) is 0 Å². The van der Waals surface area contributed by atoms with Gasteiger partial charge in [-0.1, -0.05) is 0 Å². The number of nitrogens with one attached hydrogen (secondary N) is 2. The number of aromatic hydroxyl groups is 1. The summed E-state index contributed by atoms with van der Waals surface area (Å²) in [5.41, 5.74) is 16.2. The Bertz CT molecular complexity index is 414. The number of benzene rings is 1. The van der Waals surface area contributed by atoms with E-state index in [1.807, 2.05) is 13.8 Å². The molecule has 0 saturated carbocycles. The number of hydrazone groups is 1. The molecule has 0 spiro atoms. The predicted molar refractivity (Wildman–Crippen MR) is 62.5 cm³/mol. The third-order valence-electron chi connectivity index (χ3n) is 1.82. The van der Waals surface area contributed by atoms with Crippen molar-refractivity contribution >= 4 is 11.5 Å². The van der Waals surface area contributed by atoms with Gasteiger partial charge < -0.3 is 16.3 Å². The molecule has 0 unspecified atom stereocenters. The second-order valence-corrected chi connectivity index (χ2v) is 3.60. The van der Waals surface area contributed by atoms with Crippen LogP contribution in [0.3, 0.4) is 0 Å². The van der Waals surface area contributed by atoms with Gasteiger partial charge in [-0.25, -0.2) is 5.53 Å². The van der Waals surface area contributed by atoms with Crippen LogP contribution in [-0.2, 0) is 0 Å². The van der Waals surface area contributed by atoms with E-state index in [1.165, 1.54) is 12.1 Å². The quantitative estimate of drug-likeness (QED) is 0.156. The van der Waals surface area contributed by atoms with E-state index in [-0.39, 0.29) is 23.3 Å². The number of hydrogen-bond donors (Lipinski definition) is 4. The lowest BCUT2D eigenvalue weighted by molar-refractivity contribution is 0.478. The molecule has 6 heteroatoms. The van der Waals surface area contributed by atoms with Gasteiger partial charge in [0, 0.05) is 11.6 Å². The minimum absolute atomic E-state index is 0.00454. The fourth-order valence-corrected chi connectivity index (χ4v) is 1.04. The fraction of sp³-hybridized carbons (Fsp3) is 0.300. The van der Waals surface area contributed by atoms with Crippen molar-refractivity contribution in [1.82, 2.24) is 5.43 Å². The number of phenolic OH excluding ortho intramolecular Hbond substituents is 1. The van der Waals surface area contributed by atoms with E-state index in [4.69, 9.17) is 11.3 Å². The van der Waals surface area contributed by atoms with Crippen molar-refractivity contribution in [2.45, 2.75) is 19.9 Å². The molecule has 6 nitrogen and oxygen atoms in total. The molecule has 1 aromatic rings. The van der Waals surface area contributed by atoms with Gasteiger partial charge in [-0.15, -0.1) is 5.11 Å². The molecule has 0 atom stereocenters. The van der Waals surface area contributed by atoms with E-state index in [1.54, 1.807) is 6.07 Å². The van der Waals surface area contributed by atoms with Gasteiger partial charge in [0.15, 0.2) is 5.84 Å². The average molecular weight is 221 g/mol. The van der Waals surface area contributed by atoms with Crippen LogP contribution in [0.4, 0.5) is 5.69 Å². The first kappa shape index (κ1) is 12.0. The number of nitrogen functional groups attached to an aromatic ring is 1. The van der Waals surface area contributed by atoms with Crippen molar-refractivity contribution in [3.63, 3.8) is 0 Å². The summed E-state index contributed by atoms with van der Waals surface area (Å²) in [6, 6.07) is 4.73. The van der Waals surface area contributed by atoms with E-state index < -0.39 is 0 Å². The summed E-state index contributed by atoms with van der Waals surface area (Å²) in [6.07, 6.45) is 0. The number of hydrogen-bond acceptors (Lipinski definition) is 5. The Morgan fingerprint density at radius 2 is 2.19 bits per heavy atom. The third kappa shape index (κ3) is 2.94. The van der Waals surface area contributed by atoms with Gasteiger partial charge >= 0.3 is 0 Å². The second-order valence-electron chi connectivity index (χ2n) is 3.60. The highest BCUT2D eigenvalue weighted by atomic mass is 16.3. The number of anilines is 1. The molecule has 0 heterocycles. The Morgan fingerprint density at radius 1 is 1.50 bits per heavy atom. The van der Waals surface area contributed by atoms with Crippen LogP contribution in [0.2, 0.25) is 0 Å². The number of phenols is 1. The zero-order chi connectivity index (χ0) is 12.1. The lowest BCUT2D eigenvalue weighted by Crippen LogP contribution is -2.18. The first-order valence-electron chi connectivity index (χ1n) is 4.84. The lowest BCUT2D eigenvalue weighted by atomic mass is 10.2. The second kappa shape index (κ2) is 5.11. The van der Waals surface area contributed by atoms with Crippen molar-refractivity contribution in [2.75, 3.05) is 5.73 Å². The van der Waals surface area contributed by atoms with Crippen molar-refractivity contribution in [3.05, 3.63) is 23.8 Å². The van der Waals surface area contributed by atoms with Gasteiger partial charge in [-0.2, -0.15) is 5.10 Å². The van der Waals surface area contributed by atoms with Crippen molar-refractivity contribution < 1.29 is 5.11 Å². The van der Waals surface area contributed by atoms with Gasteiger partial charge in [-0.05, 0) is 32.0 Å². The number of nitrogens with two attached hydrogens (primary N) is 1. The van der Waals surface area contributed by atoms with Crippen LogP contribution in [0.1, 0.15) is 19.4 Å². The van der Waals surface area contributed by atoms with Gasteiger partial charge in [0.05, 0.1) is 5.69 Å². The molecular formula is C10H15N5O. The topological polar surface area (TPSA) is 107 Å². The summed E-state index contributed by atoms with van der Waals surface area (Å²) in [5.74, 6) is 0.227. The summed E-state index contributed by atoms with van der Waals surface area (Å²) in [6.45, 7) is 3.85. The largest absolute Gasteiger partial charge is 0.506 e. The Labute approximate surface area is 93.7 Å². The zero-order valence-electron chi connectivity index (χ0n) is 9.23. The molecule has 0 aliphatic carbocycles. The summed E-state index contributed by atoms with van der Waals surface area (Å²) in [5, 5.41) is 16.5. The highest BCUT2D eigenvalue weighted by molar-refractivity contribution is 5.99. The van der Waals surface area contributed by atoms with E-state index in [0.29, 0.717) is 5.56 Å². The minimum atomic E-state index is 0.00454. The summed E-state index contributed by atoms with van der Waals surface area (Å²) < 4.78 is 0. The first-order chi connectivity index (χ1) is 7.54. The summed E-state index contributed by atoms with van der Waals surface area (Å²) >= 11 is 0. The molecule has 0 saturated heterocycles. The van der Waals surface area contributed by atoms with Crippen LogP contribution < -0.4 is 11.2 Å². The van der Waals surface area contributed by atoms with Crippen LogP contribution >= 0.6 is 0 Å². The SMILES string of the molecule is CC(C)N/N=C(\N=N)c1ccc(O)c(N)c1. The van der Waals surface area contributed by atoms with Crippen molar-refractivity contribution in [1.29, 1.82) is 5.53 Å². The Kier molecular flexibility index (Phi) is 3.82. The smallest absolute Gasteiger partial charge is 0.200 e. The maximum atomic E-state index is 9.26. The lowest BCUT2D eigenvalue weighted by Gasteiger charge is -2.06. The number of nitrogens with zero attached hydrogens (tertiary/aromatic N) is 2. The monoisotopic (exact) mass is 221 g/mol. The normalized spacial score (nSPS) is 11.6. The van der Waals surface area contributed by atoms with Gasteiger partial charge in [0.2, 0.25) is 0 Å². The molecule has 0 amide bonds. The molecule has 1 aromatic carbocycles. The van der Waals surface area contributed by atoms with E-state index >= 15 is 0 Å². The van der Waals surface area contributed by atoms with Crippen molar-refractivity contribution in [3.8, 4) is 5.75 Å². The minimum Gasteiger partial charge on any atom is -0.506 e. The zero-order valence-corrected chi connectivity index (χ0v) is 9.23. The van der Waals surface area contributed by atoms with Gasteiger partial charge in [0.25, 0.3) is 0 Å². The highest BCUT2D eigenvalue weighted by Gasteiger charge is 2.05. The molecule has 0 aliphatic heterocycles. The van der Waals surface area contributed by atoms with Gasteiger partial charge in [0.1, 0.15) is 5.75 Å². The molecule has 0 radical (unpaired) electrons. The molecule has 0 aromatic heterocycles. The predicted octanol–water partition coefficient (Wildman–Crippen LogP) is 1.66. The molecule has 1 rings (SSSR count). The average Bonchev–Trinajstić information content (AvgIpc) is 2.23. The van der Waals surface area contributed by atoms with Crippen LogP contribution in [0.15, 0.2) is 28.4 Å². The van der Waals surface area contributed by atoms with Crippen LogP contribution in [0.5, 0.6) is 5.75 Å². The number of rotatable bonds is 3. The maximum absolute atomic E-state index is 9.26. The Hall–Kier alpha value is -2.11. The Balaban J connectivity index is 2.99. The molecule has 0 bridgehead atoms. The van der Waals surface area contributed by atoms with Crippen LogP contribution in [0, 0.1) is 5.53 Å². The van der Waals surface area contributed by atoms with Gasteiger partial charge in [-0.3, -0.25) is 0 Å². The summed E-state index contributed by atoms with van der Waals surface area (Å²) in [4.78, 5) is 0. The molecule has 16 heavy (non-hydrogen) atoms. The van der Waals surface area contributed by atoms with Crippen LogP contribution in [-0.4, -0.2) is 17.0 Å². The highest BCUT2D eigenvalue weighted by Crippen LogP contribution is 2.20. The fourth-order valence-electron chi connectivity index (χ4n) is 1.04. The molecule has 86 valence electrons. The summed E-state index contributed by atoms with van der Waals surface area (Å²) in [7, 11) is 0. The van der Waals surface area contributed by atoms with Crippen molar-refractivity contribution in [2.24, 2.45) is 10.2 Å². The first-order valence-corrected chi connectivity index (χ1v) is 4.84. The van der Waals surface area contributed by atoms with E-state index in [2.05, 4.69) is 15.6 Å².